The van der Waals surface area contributed by atoms with E-state index in [1.165, 1.54) is 24.0 Å². The lowest BCUT2D eigenvalue weighted by Gasteiger charge is -2.40. The van der Waals surface area contributed by atoms with E-state index in [2.05, 4.69) is 0 Å². The van der Waals surface area contributed by atoms with Crippen LogP contribution in [0.25, 0.3) is 11.1 Å². The number of amides is 2. The normalized spacial score (nSPS) is 16.2. The predicted octanol–water partition coefficient (Wildman–Crippen LogP) is 3.61. The van der Waals surface area contributed by atoms with Crippen molar-refractivity contribution in [3.05, 3.63) is 42.2 Å². The van der Waals surface area contributed by atoms with Gasteiger partial charge in [-0.1, -0.05) is 12.1 Å². The summed E-state index contributed by atoms with van der Waals surface area (Å²) in [6, 6.07) is 8.63. The number of nitrogens with zero attached hydrogens (tertiary/aromatic N) is 2. The van der Waals surface area contributed by atoms with Crippen LogP contribution in [-0.4, -0.2) is 45.9 Å². The van der Waals surface area contributed by atoms with Crippen molar-refractivity contribution in [1.82, 2.24) is 0 Å². The predicted molar refractivity (Wildman–Crippen MR) is 112 cm³/mol. The Bertz CT molecular complexity index is 1120. The molecular weight excluding hydrogens is 411 g/mol. The average molecular weight is 434 g/mol. The van der Waals surface area contributed by atoms with Crippen molar-refractivity contribution in [2.24, 2.45) is 0 Å². The molecule has 0 aliphatic carbocycles. The quantitative estimate of drug-likeness (QED) is 0.737. The largest absolute Gasteiger partial charge is 0.449 e. The average Bonchev–Trinajstić information content (AvgIpc) is 2.66. The maximum Gasteiger partial charge on any atom is 0.414 e. The number of carbonyl (C=O) groups excluding carboxylic acids is 2. The molecule has 160 valence electrons. The van der Waals surface area contributed by atoms with Crippen molar-refractivity contribution in [3.63, 3.8) is 0 Å². The van der Waals surface area contributed by atoms with E-state index in [1.807, 2.05) is 6.92 Å². The highest BCUT2D eigenvalue weighted by molar-refractivity contribution is 7.90. The summed E-state index contributed by atoms with van der Waals surface area (Å²) in [7, 11) is -3.75. The van der Waals surface area contributed by atoms with Gasteiger partial charge in [0.05, 0.1) is 24.0 Å². The minimum Gasteiger partial charge on any atom is -0.449 e. The van der Waals surface area contributed by atoms with Crippen LogP contribution in [0.15, 0.2) is 41.3 Å². The zero-order valence-corrected chi connectivity index (χ0v) is 18.0. The van der Waals surface area contributed by atoms with Gasteiger partial charge in [0.15, 0.2) is 9.84 Å². The molecule has 1 aliphatic rings. The van der Waals surface area contributed by atoms with E-state index >= 15 is 0 Å². The summed E-state index contributed by atoms with van der Waals surface area (Å²) >= 11 is 0. The lowest BCUT2D eigenvalue weighted by atomic mass is 10.0. The number of benzene rings is 2. The first kappa shape index (κ1) is 21.8. The topological polar surface area (TPSA) is 84.0 Å². The van der Waals surface area contributed by atoms with Gasteiger partial charge in [-0.15, -0.1) is 0 Å². The molecule has 1 aliphatic heterocycles. The van der Waals surface area contributed by atoms with Crippen LogP contribution in [0.1, 0.15) is 20.8 Å². The van der Waals surface area contributed by atoms with Crippen molar-refractivity contribution < 1.29 is 27.1 Å². The molecule has 30 heavy (non-hydrogen) atoms. The Kier molecular flexibility index (Phi) is 5.85. The maximum atomic E-state index is 14.0. The molecule has 0 aromatic heterocycles. The van der Waals surface area contributed by atoms with Gasteiger partial charge in [-0.3, -0.25) is 9.69 Å². The number of rotatable bonds is 3. The molecule has 1 unspecified atom stereocenters. The van der Waals surface area contributed by atoms with Crippen LogP contribution in [0.5, 0.6) is 0 Å². The van der Waals surface area contributed by atoms with Gasteiger partial charge in [0.25, 0.3) is 0 Å². The summed E-state index contributed by atoms with van der Waals surface area (Å²) in [5.41, 5.74) is 2.05. The van der Waals surface area contributed by atoms with E-state index in [0.29, 0.717) is 22.5 Å². The summed E-state index contributed by atoms with van der Waals surface area (Å²) in [4.78, 5) is 27.4. The van der Waals surface area contributed by atoms with Gasteiger partial charge in [0.2, 0.25) is 5.91 Å². The fraction of sp³-hybridized carbons (Fsp3) is 0.333. The fourth-order valence-electron chi connectivity index (χ4n) is 3.63. The molecule has 0 fully saturated rings. The lowest BCUT2D eigenvalue weighted by molar-refractivity contribution is -0.117. The van der Waals surface area contributed by atoms with E-state index in [-0.39, 0.29) is 25.1 Å². The van der Waals surface area contributed by atoms with Crippen molar-refractivity contribution in [1.29, 1.82) is 0 Å². The molecule has 0 spiro atoms. The van der Waals surface area contributed by atoms with Crippen LogP contribution < -0.4 is 9.80 Å². The SMILES string of the molecule is CCOC(=O)N1CC(C)N(C(C)=O)c2ccc(-c3ccc(F)c(S(C)(=O)=O)c3)cc21. The second-order valence-corrected chi connectivity index (χ2v) is 9.15. The molecule has 2 aromatic rings. The summed E-state index contributed by atoms with van der Waals surface area (Å²) in [5, 5.41) is 0. The molecule has 0 bridgehead atoms. The van der Waals surface area contributed by atoms with Crippen molar-refractivity contribution in [3.8, 4) is 11.1 Å². The molecule has 0 saturated heterocycles. The number of hydrogen-bond acceptors (Lipinski definition) is 5. The summed E-state index contributed by atoms with van der Waals surface area (Å²) in [5.74, 6) is -0.995. The van der Waals surface area contributed by atoms with Gasteiger partial charge in [-0.25, -0.2) is 17.6 Å². The zero-order chi connectivity index (χ0) is 22.2. The Morgan fingerprint density at radius 2 is 1.77 bits per heavy atom. The third-order valence-corrected chi connectivity index (χ3v) is 6.02. The standard InChI is InChI=1S/C21H23FN2O5S/c1-5-29-21(26)23-12-13(2)24(14(3)25)18-9-7-15(10-19(18)23)16-6-8-17(22)20(11-16)30(4,27)28/h6-11,13H,5,12H2,1-4H3. The number of sulfone groups is 1. The van der Waals surface area contributed by atoms with Crippen LogP contribution in [0.3, 0.4) is 0 Å². The third kappa shape index (κ3) is 4.02. The monoisotopic (exact) mass is 434 g/mol. The molecule has 1 atom stereocenters. The molecule has 1 heterocycles. The number of carbonyl (C=O) groups is 2. The highest BCUT2D eigenvalue weighted by Crippen LogP contribution is 2.39. The molecule has 9 heteroatoms. The molecule has 2 aromatic carbocycles. The van der Waals surface area contributed by atoms with Crippen LogP contribution in [0, 0.1) is 5.82 Å². The highest BCUT2D eigenvalue weighted by atomic mass is 32.2. The van der Waals surface area contributed by atoms with Gasteiger partial charge in [-0.2, -0.15) is 0 Å². The summed E-state index contributed by atoms with van der Waals surface area (Å²) < 4.78 is 42.9. The minimum atomic E-state index is -3.75. The Labute approximate surface area is 175 Å². The second kappa shape index (κ2) is 8.06. The van der Waals surface area contributed by atoms with Crippen molar-refractivity contribution >= 4 is 33.2 Å². The van der Waals surface area contributed by atoms with Crippen molar-refractivity contribution in [2.75, 3.05) is 29.2 Å². The van der Waals surface area contributed by atoms with Crippen LogP contribution in [0.4, 0.5) is 20.6 Å². The van der Waals surface area contributed by atoms with Gasteiger partial charge in [0, 0.05) is 19.7 Å². The first-order valence-electron chi connectivity index (χ1n) is 9.42. The Morgan fingerprint density at radius 1 is 1.13 bits per heavy atom. The molecular formula is C21H23FN2O5S. The molecule has 3 rings (SSSR count). The number of fused-ring (bicyclic) bond motifs is 1. The highest BCUT2D eigenvalue weighted by Gasteiger charge is 2.34. The van der Waals surface area contributed by atoms with Crippen LogP contribution in [-0.2, 0) is 19.4 Å². The number of hydrogen-bond donors (Lipinski definition) is 0. The zero-order valence-electron chi connectivity index (χ0n) is 17.2. The number of anilines is 2. The first-order valence-corrected chi connectivity index (χ1v) is 11.3. The number of halogens is 1. The summed E-state index contributed by atoms with van der Waals surface area (Å²) in [6.45, 7) is 5.43. The van der Waals surface area contributed by atoms with Crippen molar-refractivity contribution in [2.45, 2.75) is 31.7 Å². The van der Waals surface area contributed by atoms with Crippen LogP contribution >= 0.6 is 0 Å². The maximum absolute atomic E-state index is 14.0. The third-order valence-electron chi connectivity index (χ3n) is 4.90. The van der Waals surface area contributed by atoms with Gasteiger partial charge in [0.1, 0.15) is 10.7 Å². The molecule has 0 saturated carbocycles. The molecule has 2 amide bonds. The smallest absolute Gasteiger partial charge is 0.414 e. The number of ether oxygens (including phenoxy) is 1. The van der Waals surface area contributed by atoms with Gasteiger partial charge < -0.3 is 9.64 Å². The Balaban J connectivity index is 2.17. The molecule has 7 nitrogen and oxygen atoms in total. The van der Waals surface area contributed by atoms with E-state index in [9.17, 15) is 22.4 Å². The van der Waals surface area contributed by atoms with Gasteiger partial charge in [-0.05, 0) is 49.2 Å². The second-order valence-electron chi connectivity index (χ2n) is 7.17. The fourth-order valence-corrected chi connectivity index (χ4v) is 4.39. The molecule has 0 N–H and O–H groups in total. The van der Waals surface area contributed by atoms with Crippen LogP contribution in [0.2, 0.25) is 0 Å². The Morgan fingerprint density at radius 3 is 2.37 bits per heavy atom. The molecule has 0 radical (unpaired) electrons. The minimum absolute atomic E-state index is 0.166. The lowest BCUT2D eigenvalue weighted by Crippen LogP contribution is -2.51. The van der Waals surface area contributed by atoms with E-state index in [0.717, 1.165) is 12.3 Å². The summed E-state index contributed by atoms with van der Waals surface area (Å²) in [6.07, 6.45) is 0.401. The van der Waals surface area contributed by atoms with E-state index in [4.69, 9.17) is 4.74 Å². The van der Waals surface area contributed by atoms with Gasteiger partial charge >= 0.3 is 6.09 Å². The van der Waals surface area contributed by atoms with E-state index in [1.54, 1.807) is 30.0 Å². The van der Waals surface area contributed by atoms with E-state index < -0.39 is 26.6 Å². The Hall–Kier alpha value is -2.94. The first-order chi connectivity index (χ1) is 14.0.